The van der Waals surface area contributed by atoms with Crippen molar-refractivity contribution in [2.24, 2.45) is 11.8 Å². The van der Waals surface area contributed by atoms with Gasteiger partial charge in [0.05, 0.1) is 5.69 Å². The first-order chi connectivity index (χ1) is 11.8. The third-order valence-corrected chi connectivity index (χ3v) is 5.70. The van der Waals surface area contributed by atoms with Crippen LogP contribution in [-0.4, -0.2) is 20.1 Å². The van der Waals surface area contributed by atoms with Crippen molar-refractivity contribution in [3.05, 3.63) is 40.8 Å². The summed E-state index contributed by atoms with van der Waals surface area (Å²) in [5.74, 6) is 0.925. The van der Waals surface area contributed by atoms with Gasteiger partial charge in [0.1, 0.15) is 5.82 Å². The Labute approximate surface area is 157 Å². The number of rotatable bonds is 8. The van der Waals surface area contributed by atoms with E-state index in [0.717, 1.165) is 24.1 Å². The fourth-order valence-electron chi connectivity index (χ4n) is 3.80. The van der Waals surface area contributed by atoms with E-state index in [9.17, 15) is 4.39 Å². The second-order valence-electron chi connectivity index (χ2n) is 7.77. The van der Waals surface area contributed by atoms with Gasteiger partial charge in [0, 0.05) is 23.8 Å². The highest BCUT2D eigenvalue weighted by Crippen LogP contribution is 2.34. The van der Waals surface area contributed by atoms with E-state index >= 15 is 0 Å². The molecule has 0 spiro atoms. The van der Waals surface area contributed by atoms with Crippen LogP contribution in [0.3, 0.4) is 0 Å². The molecule has 4 heteroatoms. The normalized spacial score (nSPS) is 16.4. The molecule has 2 rings (SSSR count). The summed E-state index contributed by atoms with van der Waals surface area (Å²) in [6, 6.07) is 3.50. The van der Waals surface area contributed by atoms with E-state index in [4.69, 9.17) is 11.6 Å². The fraction of sp³-hybridized carbons (Fsp3) is 0.619. The van der Waals surface area contributed by atoms with Crippen LogP contribution in [0.4, 0.5) is 10.1 Å². The van der Waals surface area contributed by atoms with Crippen LogP contribution in [0.2, 0.25) is 5.02 Å². The predicted molar refractivity (Wildman–Crippen MR) is 107 cm³/mol. The maximum atomic E-state index is 14.6. The zero-order valence-electron chi connectivity index (χ0n) is 16.0. The van der Waals surface area contributed by atoms with Gasteiger partial charge in [0.25, 0.3) is 0 Å². The monoisotopic (exact) mass is 366 g/mol. The van der Waals surface area contributed by atoms with Crippen LogP contribution in [0.1, 0.15) is 51.5 Å². The van der Waals surface area contributed by atoms with Gasteiger partial charge >= 0.3 is 0 Å². The Kier molecular flexibility index (Phi) is 7.33. The Bertz CT molecular complexity index is 594. The van der Waals surface area contributed by atoms with Gasteiger partial charge < -0.3 is 10.2 Å². The minimum atomic E-state index is -0.289. The molecular weight excluding hydrogens is 335 g/mol. The molecule has 0 saturated heterocycles. The van der Waals surface area contributed by atoms with Gasteiger partial charge in [-0.1, -0.05) is 57.7 Å². The molecule has 1 N–H and O–H groups in total. The van der Waals surface area contributed by atoms with Crippen LogP contribution < -0.4 is 10.2 Å². The van der Waals surface area contributed by atoms with Crippen LogP contribution in [0.5, 0.6) is 0 Å². The van der Waals surface area contributed by atoms with E-state index in [2.05, 4.69) is 25.7 Å². The first kappa shape index (κ1) is 20.3. The van der Waals surface area contributed by atoms with Crippen LogP contribution >= 0.6 is 11.6 Å². The smallest absolute Gasteiger partial charge is 0.148 e. The average Bonchev–Trinajstić information content (AvgIpc) is 3.06. The fourth-order valence-corrected chi connectivity index (χ4v) is 4.03. The van der Waals surface area contributed by atoms with E-state index in [-0.39, 0.29) is 11.9 Å². The van der Waals surface area contributed by atoms with E-state index in [0.29, 0.717) is 22.5 Å². The lowest BCUT2D eigenvalue weighted by Crippen LogP contribution is -2.36. The minimum absolute atomic E-state index is 0.123. The number of hydrogen-bond donors (Lipinski definition) is 1. The summed E-state index contributed by atoms with van der Waals surface area (Å²) in [4.78, 5) is 1.87. The molecule has 1 unspecified atom stereocenters. The van der Waals surface area contributed by atoms with Crippen LogP contribution in [-0.2, 0) is 6.42 Å². The molecule has 0 radical (unpaired) electrons. The molecule has 1 atom stereocenters. The molecule has 2 nitrogen and oxygen atoms in total. The Morgan fingerprint density at radius 2 is 2.00 bits per heavy atom. The molecule has 0 bridgehead atoms. The van der Waals surface area contributed by atoms with Crippen molar-refractivity contribution < 1.29 is 4.39 Å². The number of halogens is 2. The van der Waals surface area contributed by atoms with Crippen molar-refractivity contribution in [3.63, 3.8) is 0 Å². The first-order valence-corrected chi connectivity index (χ1v) is 9.79. The lowest BCUT2D eigenvalue weighted by molar-refractivity contribution is 0.478. The third kappa shape index (κ3) is 5.21. The minimum Gasteiger partial charge on any atom is -0.345 e. The summed E-state index contributed by atoms with van der Waals surface area (Å²) >= 11 is 6.33. The Morgan fingerprint density at radius 1 is 1.36 bits per heavy atom. The standard InChI is InChI=1S/C21H32ClFN2/c1-14(2)10-20(24-4)15(3)25(5)21-12-17(18(22)13-19(21)23)11-16-8-6-7-9-16/h12-14,16,20,24H,3,6-11H2,1-2,4-5H3. The van der Waals surface area contributed by atoms with Crippen molar-refractivity contribution >= 4 is 17.3 Å². The highest BCUT2D eigenvalue weighted by molar-refractivity contribution is 6.31. The highest BCUT2D eigenvalue weighted by Gasteiger charge is 2.22. The predicted octanol–water partition coefficient (Wildman–Crippen LogP) is 5.80. The lowest BCUT2D eigenvalue weighted by atomic mass is 9.97. The molecule has 0 aliphatic heterocycles. The van der Waals surface area contributed by atoms with Gasteiger partial charge in [-0.3, -0.25) is 0 Å². The Hall–Kier alpha value is -1.06. The molecule has 1 aromatic rings. The molecule has 0 amide bonds. The van der Waals surface area contributed by atoms with E-state index in [1.807, 2.05) is 25.1 Å². The molecule has 1 aliphatic carbocycles. The van der Waals surface area contributed by atoms with Crippen LogP contribution in [0.25, 0.3) is 0 Å². The SMILES string of the molecule is C=C(C(CC(C)C)NC)N(C)c1cc(CC2CCCC2)c(Cl)cc1F. The Balaban J connectivity index is 2.22. The average molecular weight is 367 g/mol. The number of hydrogen-bond acceptors (Lipinski definition) is 2. The summed E-state index contributed by atoms with van der Waals surface area (Å²) in [5.41, 5.74) is 2.49. The van der Waals surface area contributed by atoms with Gasteiger partial charge in [-0.05, 0) is 49.4 Å². The zero-order valence-corrected chi connectivity index (χ0v) is 16.8. The topological polar surface area (TPSA) is 15.3 Å². The number of anilines is 1. The van der Waals surface area contributed by atoms with E-state index in [1.54, 1.807) is 0 Å². The largest absolute Gasteiger partial charge is 0.345 e. The van der Waals surface area contributed by atoms with Gasteiger partial charge in [0.15, 0.2) is 0 Å². The first-order valence-electron chi connectivity index (χ1n) is 9.41. The quantitative estimate of drug-likeness (QED) is 0.625. The number of nitrogens with zero attached hydrogens (tertiary/aromatic N) is 1. The zero-order chi connectivity index (χ0) is 18.6. The highest BCUT2D eigenvalue weighted by atomic mass is 35.5. The van der Waals surface area contributed by atoms with Crippen molar-refractivity contribution in [1.29, 1.82) is 0 Å². The molecule has 25 heavy (non-hydrogen) atoms. The summed E-state index contributed by atoms with van der Waals surface area (Å²) in [6.45, 7) is 8.58. The maximum Gasteiger partial charge on any atom is 0.148 e. The molecule has 140 valence electrons. The van der Waals surface area contributed by atoms with Crippen molar-refractivity contribution in [2.75, 3.05) is 19.0 Å². The second kappa shape index (κ2) is 9.05. The van der Waals surface area contributed by atoms with Crippen molar-refractivity contribution in [1.82, 2.24) is 5.32 Å². The van der Waals surface area contributed by atoms with Gasteiger partial charge in [-0.2, -0.15) is 0 Å². The molecule has 1 fully saturated rings. The number of nitrogens with one attached hydrogen (secondary N) is 1. The Morgan fingerprint density at radius 3 is 2.56 bits per heavy atom. The van der Waals surface area contributed by atoms with Crippen LogP contribution in [0, 0.1) is 17.7 Å². The molecule has 0 heterocycles. The van der Waals surface area contributed by atoms with Gasteiger partial charge in [0.2, 0.25) is 0 Å². The lowest BCUT2D eigenvalue weighted by Gasteiger charge is -2.30. The maximum absolute atomic E-state index is 14.6. The van der Waals surface area contributed by atoms with Crippen molar-refractivity contribution in [3.8, 4) is 0 Å². The number of benzene rings is 1. The van der Waals surface area contributed by atoms with Gasteiger partial charge in [-0.25, -0.2) is 4.39 Å². The molecule has 1 saturated carbocycles. The van der Waals surface area contributed by atoms with Crippen LogP contribution in [0.15, 0.2) is 24.4 Å². The number of likely N-dealkylation sites (N-methyl/N-ethyl adjacent to an activating group) is 2. The third-order valence-electron chi connectivity index (χ3n) is 5.35. The summed E-state index contributed by atoms with van der Waals surface area (Å²) in [7, 11) is 3.81. The van der Waals surface area contributed by atoms with E-state index in [1.165, 1.54) is 31.7 Å². The molecule has 1 aliphatic rings. The molecule has 0 aromatic heterocycles. The molecular formula is C21H32ClFN2. The summed E-state index contributed by atoms with van der Waals surface area (Å²) in [6.07, 6.45) is 7.00. The van der Waals surface area contributed by atoms with Crippen molar-refractivity contribution in [2.45, 2.75) is 58.4 Å². The summed E-state index contributed by atoms with van der Waals surface area (Å²) < 4.78 is 14.6. The van der Waals surface area contributed by atoms with E-state index < -0.39 is 0 Å². The van der Waals surface area contributed by atoms with Gasteiger partial charge in [-0.15, -0.1) is 0 Å². The summed E-state index contributed by atoms with van der Waals surface area (Å²) in [5, 5.41) is 3.84. The molecule has 1 aromatic carbocycles. The second-order valence-corrected chi connectivity index (χ2v) is 8.18.